The van der Waals surface area contributed by atoms with Crippen molar-refractivity contribution in [1.29, 1.82) is 0 Å². The predicted octanol–water partition coefficient (Wildman–Crippen LogP) is 3.65. The van der Waals surface area contributed by atoms with Gasteiger partial charge in [0, 0.05) is 24.1 Å². The van der Waals surface area contributed by atoms with Crippen LogP contribution in [0.15, 0.2) is 55.0 Å². The summed E-state index contributed by atoms with van der Waals surface area (Å²) in [4.78, 5) is 2.29. The molecular weight excluding hydrogens is 310 g/mol. The monoisotopic (exact) mass is 333 g/mol. The number of aromatic nitrogens is 4. The number of hydrogen-bond donors (Lipinski definition) is 0. The quantitative estimate of drug-likeness (QED) is 0.731. The maximum atomic E-state index is 4.66. The van der Waals surface area contributed by atoms with Crippen LogP contribution in [0.2, 0.25) is 0 Å². The van der Waals surface area contributed by atoms with Crippen LogP contribution < -0.4 is 4.90 Å². The smallest absolute Gasteiger partial charge is 0.0832 e. The normalized spacial score (nSPS) is 13.8. The van der Waals surface area contributed by atoms with Crippen molar-refractivity contribution in [2.75, 3.05) is 11.4 Å². The summed E-state index contributed by atoms with van der Waals surface area (Å²) in [5.74, 6) is 0. The lowest BCUT2D eigenvalue weighted by Gasteiger charge is -2.30. The van der Waals surface area contributed by atoms with E-state index in [1.807, 2.05) is 23.1 Å². The molecule has 1 aliphatic heterocycles. The SMILES string of the molecule is C=C(Cn1nccc1C)N1CCCc2c1cnn2-c1ccc(C)cc1. The van der Waals surface area contributed by atoms with Gasteiger partial charge in [-0.2, -0.15) is 10.2 Å². The Hall–Kier alpha value is -2.82. The average molecular weight is 333 g/mol. The van der Waals surface area contributed by atoms with Gasteiger partial charge in [0.1, 0.15) is 0 Å². The Kier molecular flexibility index (Phi) is 3.92. The molecule has 2 aromatic heterocycles. The van der Waals surface area contributed by atoms with E-state index in [0.29, 0.717) is 6.54 Å². The number of allylic oxidation sites excluding steroid dienone is 1. The summed E-state index contributed by atoms with van der Waals surface area (Å²) >= 11 is 0. The molecule has 25 heavy (non-hydrogen) atoms. The lowest BCUT2D eigenvalue weighted by atomic mass is 10.1. The van der Waals surface area contributed by atoms with Gasteiger partial charge in [0.25, 0.3) is 0 Å². The van der Waals surface area contributed by atoms with Crippen LogP contribution in [0.5, 0.6) is 0 Å². The topological polar surface area (TPSA) is 38.9 Å². The minimum Gasteiger partial charge on any atom is -0.341 e. The lowest BCUT2D eigenvalue weighted by Crippen LogP contribution is -2.30. The van der Waals surface area contributed by atoms with Crippen molar-refractivity contribution < 1.29 is 0 Å². The molecule has 0 radical (unpaired) electrons. The standard InChI is InChI=1S/C20H23N5/c1-15-6-8-18(9-7-15)25-19-5-4-12-23(20(19)13-22-25)17(3)14-24-16(2)10-11-21-24/h6-11,13H,3-5,12,14H2,1-2H3. The summed E-state index contributed by atoms with van der Waals surface area (Å²) in [7, 11) is 0. The van der Waals surface area contributed by atoms with Crippen molar-refractivity contribution in [2.45, 2.75) is 33.2 Å². The number of rotatable bonds is 4. The highest BCUT2D eigenvalue weighted by Crippen LogP contribution is 2.31. The molecule has 1 aliphatic rings. The molecule has 0 saturated carbocycles. The molecule has 1 aromatic carbocycles. The fourth-order valence-electron chi connectivity index (χ4n) is 3.41. The van der Waals surface area contributed by atoms with Gasteiger partial charge in [-0.25, -0.2) is 4.68 Å². The molecule has 0 saturated heterocycles. The van der Waals surface area contributed by atoms with Gasteiger partial charge in [-0.1, -0.05) is 24.3 Å². The molecule has 0 atom stereocenters. The number of hydrogen-bond acceptors (Lipinski definition) is 3. The second-order valence-corrected chi connectivity index (χ2v) is 6.68. The van der Waals surface area contributed by atoms with Crippen LogP contribution in [-0.2, 0) is 13.0 Å². The first-order valence-corrected chi connectivity index (χ1v) is 8.71. The Morgan fingerprint density at radius 1 is 1.12 bits per heavy atom. The second kappa shape index (κ2) is 6.24. The third-order valence-corrected chi connectivity index (χ3v) is 4.85. The van der Waals surface area contributed by atoms with E-state index in [2.05, 4.69) is 64.5 Å². The average Bonchev–Trinajstić information content (AvgIpc) is 3.22. The number of benzene rings is 1. The van der Waals surface area contributed by atoms with E-state index in [0.717, 1.165) is 36.5 Å². The van der Waals surface area contributed by atoms with Crippen LogP contribution in [-0.4, -0.2) is 26.1 Å². The Bertz CT molecular complexity index is 901. The first-order chi connectivity index (χ1) is 12.1. The maximum absolute atomic E-state index is 4.66. The molecular formula is C20H23N5. The van der Waals surface area contributed by atoms with E-state index in [9.17, 15) is 0 Å². The summed E-state index contributed by atoms with van der Waals surface area (Å²) in [5, 5.41) is 9.03. The number of fused-ring (bicyclic) bond motifs is 1. The summed E-state index contributed by atoms with van der Waals surface area (Å²) in [5.41, 5.74) is 7.00. The third kappa shape index (κ3) is 2.86. The minimum atomic E-state index is 0.702. The Balaban J connectivity index is 1.63. The molecule has 3 aromatic rings. The van der Waals surface area contributed by atoms with Gasteiger partial charge in [0.15, 0.2) is 0 Å². The van der Waals surface area contributed by atoms with Crippen LogP contribution in [0.4, 0.5) is 5.69 Å². The fourth-order valence-corrected chi connectivity index (χ4v) is 3.41. The summed E-state index contributed by atoms with van der Waals surface area (Å²) < 4.78 is 4.05. The van der Waals surface area contributed by atoms with Gasteiger partial charge in [-0.05, 0) is 44.9 Å². The van der Waals surface area contributed by atoms with Crippen LogP contribution >= 0.6 is 0 Å². The van der Waals surface area contributed by atoms with Crippen LogP contribution in [0.3, 0.4) is 0 Å². The van der Waals surface area contributed by atoms with E-state index in [1.54, 1.807) is 0 Å². The molecule has 5 heteroatoms. The van der Waals surface area contributed by atoms with E-state index >= 15 is 0 Å². The maximum Gasteiger partial charge on any atom is 0.0832 e. The van der Waals surface area contributed by atoms with Gasteiger partial charge in [-0.15, -0.1) is 0 Å². The van der Waals surface area contributed by atoms with Crippen LogP contribution in [0.25, 0.3) is 5.69 Å². The van der Waals surface area contributed by atoms with Gasteiger partial charge in [0.05, 0.1) is 29.8 Å². The van der Waals surface area contributed by atoms with Gasteiger partial charge in [-0.3, -0.25) is 4.68 Å². The summed E-state index contributed by atoms with van der Waals surface area (Å²) in [6.45, 7) is 10.2. The summed E-state index contributed by atoms with van der Waals surface area (Å²) in [6.07, 6.45) is 5.94. The fraction of sp³-hybridized carbons (Fsp3) is 0.300. The van der Waals surface area contributed by atoms with Crippen molar-refractivity contribution in [2.24, 2.45) is 0 Å². The molecule has 0 spiro atoms. The summed E-state index contributed by atoms with van der Waals surface area (Å²) in [6, 6.07) is 10.5. The number of anilines is 1. The van der Waals surface area contributed by atoms with Gasteiger partial charge < -0.3 is 4.90 Å². The van der Waals surface area contributed by atoms with Crippen molar-refractivity contribution in [3.05, 3.63) is 72.0 Å². The predicted molar refractivity (Wildman–Crippen MR) is 100 cm³/mol. The van der Waals surface area contributed by atoms with E-state index < -0.39 is 0 Å². The van der Waals surface area contributed by atoms with E-state index in [-0.39, 0.29) is 0 Å². The first kappa shape index (κ1) is 15.7. The van der Waals surface area contributed by atoms with E-state index in [1.165, 1.54) is 16.9 Å². The zero-order valence-corrected chi connectivity index (χ0v) is 14.8. The molecule has 128 valence electrons. The Morgan fingerprint density at radius 2 is 1.92 bits per heavy atom. The highest BCUT2D eigenvalue weighted by atomic mass is 15.3. The Morgan fingerprint density at radius 3 is 2.64 bits per heavy atom. The molecule has 0 aliphatic carbocycles. The first-order valence-electron chi connectivity index (χ1n) is 8.71. The lowest BCUT2D eigenvalue weighted by molar-refractivity contribution is 0.619. The van der Waals surface area contributed by atoms with Crippen molar-refractivity contribution in [1.82, 2.24) is 19.6 Å². The second-order valence-electron chi connectivity index (χ2n) is 6.68. The molecule has 0 unspecified atom stereocenters. The van der Waals surface area contributed by atoms with Crippen LogP contribution in [0.1, 0.15) is 23.4 Å². The highest BCUT2D eigenvalue weighted by molar-refractivity contribution is 5.58. The van der Waals surface area contributed by atoms with Gasteiger partial charge >= 0.3 is 0 Å². The molecule has 0 fully saturated rings. The largest absolute Gasteiger partial charge is 0.341 e. The van der Waals surface area contributed by atoms with Crippen molar-refractivity contribution in [3.8, 4) is 5.69 Å². The number of nitrogens with zero attached hydrogens (tertiary/aromatic N) is 5. The molecule has 0 N–H and O–H groups in total. The zero-order valence-electron chi connectivity index (χ0n) is 14.8. The molecule has 4 rings (SSSR count). The minimum absolute atomic E-state index is 0.702. The molecule has 5 nitrogen and oxygen atoms in total. The Labute approximate surface area is 148 Å². The highest BCUT2D eigenvalue weighted by Gasteiger charge is 2.24. The van der Waals surface area contributed by atoms with Crippen molar-refractivity contribution >= 4 is 5.69 Å². The molecule has 0 bridgehead atoms. The van der Waals surface area contributed by atoms with Crippen molar-refractivity contribution in [3.63, 3.8) is 0 Å². The molecule has 0 amide bonds. The van der Waals surface area contributed by atoms with Gasteiger partial charge in [0.2, 0.25) is 0 Å². The zero-order chi connectivity index (χ0) is 17.4. The van der Waals surface area contributed by atoms with E-state index in [4.69, 9.17) is 0 Å². The molecule has 3 heterocycles. The van der Waals surface area contributed by atoms with Crippen LogP contribution in [0, 0.1) is 13.8 Å². The number of aryl methyl sites for hydroxylation is 2. The third-order valence-electron chi connectivity index (χ3n) is 4.85.